The van der Waals surface area contributed by atoms with Gasteiger partial charge in [-0.05, 0) is 69.7 Å². The first kappa shape index (κ1) is 27.9. The summed E-state index contributed by atoms with van der Waals surface area (Å²) in [6.45, 7) is 6.55. The highest BCUT2D eigenvalue weighted by molar-refractivity contribution is 7.92. The van der Waals surface area contributed by atoms with Crippen LogP contribution in [0.15, 0.2) is 83.8 Å². The highest BCUT2D eigenvalue weighted by Crippen LogP contribution is 2.25. The van der Waals surface area contributed by atoms with E-state index in [2.05, 4.69) is 5.32 Å². The van der Waals surface area contributed by atoms with E-state index in [9.17, 15) is 22.4 Å². The van der Waals surface area contributed by atoms with E-state index in [0.717, 1.165) is 9.87 Å². The molecule has 0 aliphatic rings. The normalized spacial score (nSPS) is 12.2. The first-order valence-electron chi connectivity index (χ1n) is 12.0. The Bertz CT molecular complexity index is 1310. The number of anilines is 1. The van der Waals surface area contributed by atoms with Crippen molar-refractivity contribution in [2.24, 2.45) is 0 Å². The van der Waals surface area contributed by atoms with Gasteiger partial charge in [0, 0.05) is 12.6 Å². The van der Waals surface area contributed by atoms with E-state index in [1.54, 1.807) is 49.4 Å². The van der Waals surface area contributed by atoms with Crippen molar-refractivity contribution in [1.29, 1.82) is 0 Å². The van der Waals surface area contributed by atoms with Gasteiger partial charge >= 0.3 is 0 Å². The summed E-state index contributed by atoms with van der Waals surface area (Å²) in [5.74, 6) is -1.37. The predicted molar refractivity (Wildman–Crippen MR) is 142 cm³/mol. The molecule has 1 N–H and O–H groups in total. The lowest BCUT2D eigenvalue weighted by molar-refractivity contribution is -0.139. The maximum Gasteiger partial charge on any atom is 0.264 e. The van der Waals surface area contributed by atoms with Crippen LogP contribution in [0.4, 0.5) is 10.1 Å². The molecule has 0 spiro atoms. The highest BCUT2D eigenvalue weighted by Gasteiger charge is 2.32. The summed E-state index contributed by atoms with van der Waals surface area (Å²) in [4.78, 5) is 28.0. The van der Waals surface area contributed by atoms with E-state index < -0.39 is 34.3 Å². The van der Waals surface area contributed by atoms with Crippen LogP contribution in [0.1, 0.15) is 31.9 Å². The second-order valence-electron chi connectivity index (χ2n) is 9.15. The molecule has 2 amide bonds. The van der Waals surface area contributed by atoms with Crippen molar-refractivity contribution < 1.29 is 22.4 Å². The third kappa shape index (κ3) is 7.16. The predicted octanol–water partition coefficient (Wildman–Crippen LogP) is 4.27. The van der Waals surface area contributed by atoms with Gasteiger partial charge in [0.15, 0.2) is 0 Å². The number of hydrogen-bond donors (Lipinski definition) is 1. The van der Waals surface area contributed by atoms with E-state index >= 15 is 0 Å². The van der Waals surface area contributed by atoms with Crippen LogP contribution in [0, 0.1) is 12.7 Å². The van der Waals surface area contributed by atoms with Gasteiger partial charge in [0.1, 0.15) is 18.4 Å². The number of halogens is 1. The lowest BCUT2D eigenvalue weighted by atomic mass is 10.1. The summed E-state index contributed by atoms with van der Waals surface area (Å²) < 4.78 is 41.8. The Morgan fingerprint density at radius 1 is 0.892 bits per heavy atom. The molecule has 0 aromatic heterocycles. The molecule has 0 saturated heterocycles. The molecule has 0 radical (unpaired) electrons. The van der Waals surface area contributed by atoms with Crippen LogP contribution in [-0.2, 0) is 26.2 Å². The number of nitrogens with one attached hydrogen (secondary N) is 1. The lowest BCUT2D eigenvalue weighted by Gasteiger charge is -2.32. The fourth-order valence-electron chi connectivity index (χ4n) is 3.73. The van der Waals surface area contributed by atoms with Gasteiger partial charge in [0.2, 0.25) is 11.8 Å². The van der Waals surface area contributed by atoms with E-state index in [0.29, 0.717) is 11.3 Å². The summed E-state index contributed by atoms with van der Waals surface area (Å²) in [7, 11) is -4.10. The molecule has 0 fully saturated rings. The summed E-state index contributed by atoms with van der Waals surface area (Å²) in [6, 6.07) is 19.2. The number of sulfonamides is 1. The number of aryl methyl sites for hydroxylation is 1. The second kappa shape index (κ2) is 12.0. The number of benzene rings is 3. The molecule has 0 saturated carbocycles. The topological polar surface area (TPSA) is 86.8 Å². The Morgan fingerprint density at radius 2 is 1.49 bits per heavy atom. The van der Waals surface area contributed by atoms with Crippen molar-refractivity contribution in [2.45, 2.75) is 51.2 Å². The minimum Gasteiger partial charge on any atom is -0.352 e. The number of nitrogens with zero attached hydrogens (tertiary/aromatic N) is 2. The first-order chi connectivity index (χ1) is 17.5. The Hall–Kier alpha value is -3.72. The van der Waals surface area contributed by atoms with Gasteiger partial charge in [-0.2, -0.15) is 0 Å². The molecule has 196 valence electrons. The minimum absolute atomic E-state index is 0.00107. The summed E-state index contributed by atoms with van der Waals surface area (Å²) in [5.41, 5.74) is 1.86. The van der Waals surface area contributed by atoms with Crippen molar-refractivity contribution in [1.82, 2.24) is 10.2 Å². The molecule has 0 unspecified atom stereocenters. The van der Waals surface area contributed by atoms with Crippen LogP contribution < -0.4 is 9.62 Å². The smallest absolute Gasteiger partial charge is 0.264 e. The molecule has 0 aliphatic carbocycles. The van der Waals surface area contributed by atoms with Crippen molar-refractivity contribution in [3.05, 3.63) is 95.8 Å². The molecule has 3 rings (SSSR count). The summed E-state index contributed by atoms with van der Waals surface area (Å²) >= 11 is 0. The number of rotatable bonds is 10. The zero-order valence-corrected chi connectivity index (χ0v) is 22.2. The monoisotopic (exact) mass is 525 g/mol. The number of carbonyl (C=O) groups excluding carboxylic acids is 2. The van der Waals surface area contributed by atoms with Gasteiger partial charge in [0.05, 0.1) is 10.6 Å². The van der Waals surface area contributed by atoms with Gasteiger partial charge in [0.25, 0.3) is 10.0 Å². The zero-order chi connectivity index (χ0) is 27.2. The van der Waals surface area contributed by atoms with Crippen molar-refractivity contribution >= 4 is 27.5 Å². The van der Waals surface area contributed by atoms with Crippen LogP contribution in [0.25, 0.3) is 0 Å². The van der Waals surface area contributed by atoms with Gasteiger partial charge in [-0.1, -0.05) is 48.0 Å². The second-order valence-corrected chi connectivity index (χ2v) is 11.0. The van der Waals surface area contributed by atoms with Crippen LogP contribution in [-0.4, -0.2) is 43.8 Å². The van der Waals surface area contributed by atoms with Gasteiger partial charge in [-0.15, -0.1) is 0 Å². The maximum absolute atomic E-state index is 13.7. The zero-order valence-electron chi connectivity index (χ0n) is 21.4. The Labute approximate surface area is 218 Å². The maximum atomic E-state index is 13.7. The average Bonchev–Trinajstić information content (AvgIpc) is 2.87. The van der Waals surface area contributed by atoms with Gasteiger partial charge < -0.3 is 10.2 Å². The summed E-state index contributed by atoms with van der Waals surface area (Å²) in [6.07, 6.45) is 0. The van der Waals surface area contributed by atoms with Crippen molar-refractivity contribution in [3.8, 4) is 0 Å². The number of amides is 2. The van der Waals surface area contributed by atoms with E-state index in [-0.39, 0.29) is 23.4 Å². The fraction of sp³-hybridized carbons (Fsp3) is 0.286. The lowest BCUT2D eigenvalue weighted by Crippen LogP contribution is -2.52. The average molecular weight is 526 g/mol. The molecular formula is C28H32FN3O4S. The molecule has 0 bridgehead atoms. The fourth-order valence-corrected chi connectivity index (χ4v) is 5.17. The Kier molecular flexibility index (Phi) is 9.04. The van der Waals surface area contributed by atoms with Crippen LogP contribution >= 0.6 is 0 Å². The van der Waals surface area contributed by atoms with Crippen LogP contribution in [0.5, 0.6) is 0 Å². The quantitative estimate of drug-likeness (QED) is 0.428. The molecule has 37 heavy (non-hydrogen) atoms. The van der Waals surface area contributed by atoms with E-state index in [1.807, 2.05) is 20.8 Å². The standard InChI is InChI=1S/C28H32FN3O4S/c1-20(2)30-28(34)22(4)31(18-23-12-14-24(29)15-13-23)27(33)19-32(25-16-10-21(3)11-17-25)37(35,36)26-8-6-5-7-9-26/h5-17,20,22H,18-19H2,1-4H3,(H,30,34)/t22-/m1/s1. The van der Waals surface area contributed by atoms with E-state index in [1.165, 1.54) is 41.3 Å². The molecule has 0 aliphatic heterocycles. The molecule has 1 atom stereocenters. The summed E-state index contributed by atoms with van der Waals surface area (Å²) in [5, 5.41) is 2.80. The molecular weight excluding hydrogens is 493 g/mol. The molecule has 9 heteroatoms. The van der Waals surface area contributed by atoms with Crippen molar-refractivity contribution in [2.75, 3.05) is 10.8 Å². The number of carbonyl (C=O) groups is 2. The molecule has 7 nitrogen and oxygen atoms in total. The Morgan fingerprint density at radius 3 is 2.05 bits per heavy atom. The highest BCUT2D eigenvalue weighted by atomic mass is 32.2. The Balaban J connectivity index is 2.00. The van der Waals surface area contributed by atoms with Crippen LogP contribution in [0.2, 0.25) is 0 Å². The first-order valence-corrected chi connectivity index (χ1v) is 13.4. The third-order valence-corrected chi connectivity index (χ3v) is 7.58. The van der Waals surface area contributed by atoms with Crippen LogP contribution in [0.3, 0.4) is 0 Å². The SMILES string of the molecule is Cc1ccc(N(CC(=O)N(Cc2ccc(F)cc2)[C@H](C)C(=O)NC(C)C)S(=O)(=O)c2ccccc2)cc1. The van der Waals surface area contributed by atoms with Gasteiger partial charge in [-0.25, -0.2) is 12.8 Å². The molecule has 0 heterocycles. The molecule has 3 aromatic carbocycles. The minimum atomic E-state index is -4.10. The van der Waals surface area contributed by atoms with E-state index in [4.69, 9.17) is 0 Å². The molecule has 3 aromatic rings. The van der Waals surface area contributed by atoms with Crippen molar-refractivity contribution in [3.63, 3.8) is 0 Å². The third-order valence-electron chi connectivity index (χ3n) is 5.80. The number of hydrogen-bond acceptors (Lipinski definition) is 4. The van der Waals surface area contributed by atoms with Gasteiger partial charge in [-0.3, -0.25) is 13.9 Å². The largest absolute Gasteiger partial charge is 0.352 e.